The van der Waals surface area contributed by atoms with Crippen LogP contribution in [0.2, 0.25) is 5.02 Å². The van der Waals surface area contributed by atoms with Crippen molar-refractivity contribution in [2.75, 3.05) is 23.9 Å². The Morgan fingerprint density at radius 1 is 1.00 bits per heavy atom. The normalized spacial score (nSPS) is 18.6. The lowest BCUT2D eigenvalue weighted by atomic mass is 9.83. The first-order valence-electron chi connectivity index (χ1n) is 14.1. The average molecular weight is 680 g/mol. The van der Waals surface area contributed by atoms with Gasteiger partial charge in [0.1, 0.15) is 11.8 Å². The van der Waals surface area contributed by atoms with Gasteiger partial charge in [0.05, 0.1) is 35.9 Å². The summed E-state index contributed by atoms with van der Waals surface area (Å²) in [5, 5.41) is 13.0. The number of ether oxygens (including phenoxy) is 2. The maximum Gasteiger partial charge on any atom is 0.338 e. The Morgan fingerprint density at radius 3 is 2.39 bits per heavy atom. The first kappa shape index (κ1) is 31.4. The summed E-state index contributed by atoms with van der Waals surface area (Å²) in [6.45, 7) is 1.56. The number of halogens is 1. The molecular formula is C32H26ClN3O8S2. The Labute approximate surface area is 275 Å². The van der Waals surface area contributed by atoms with Crippen molar-refractivity contribution < 1.29 is 33.8 Å². The number of hydrogen-bond acceptors (Lipinski definition) is 10. The van der Waals surface area contributed by atoms with E-state index >= 15 is 0 Å². The number of fused-ring (bicyclic) bond motifs is 2. The quantitative estimate of drug-likeness (QED) is 0.197. The lowest BCUT2D eigenvalue weighted by molar-refractivity contribution is -0.122. The third-order valence-electron chi connectivity index (χ3n) is 7.68. The van der Waals surface area contributed by atoms with Crippen molar-refractivity contribution >= 4 is 69.8 Å². The number of hydrogen-bond donors (Lipinski definition) is 2. The summed E-state index contributed by atoms with van der Waals surface area (Å²) in [4.78, 5) is 67.9. The van der Waals surface area contributed by atoms with Gasteiger partial charge in [-0.3, -0.25) is 23.7 Å². The van der Waals surface area contributed by atoms with Crippen LogP contribution in [0.3, 0.4) is 0 Å². The van der Waals surface area contributed by atoms with Crippen molar-refractivity contribution in [3.05, 3.63) is 97.4 Å². The van der Waals surface area contributed by atoms with E-state index < -0.39 is 45.6 Å². The second kappa shape index (κ2) is 12.7. The number of phenolic OH excluding ortho intramolecular Hbond substituents is 1. The van der Waals surface area contributed by atoms with Crippen molar-refractivity contribution in [2.24, 2.45) is 5.92 Å². The summed E-state index contributed by atoms with van der Waals surface area (Å²) in [5.41, 5.74) is 1.59. The minimum absolute atomic E-state index is 0.116. The number of benzene rings is 3. The van der Waals surface area contributed by atoms with Crippen LogP contribution in [0.5, 0.6) is 11.5 Å². The van der Waals surface area contributed by atoms with Crippen molar-refractivity contribution in [2.45, 2.75) is 29.7 Å². The molecule has 14 heteroatoms. The van der Waals surface area contributed by atoms with Crippen LogP contribution in [-0.2, 0) is 25.7 Å². The molecule has 0 radical (unpaired) electrons. The topological polar surface area (TPSA) is 144 Å². The fraction of sp³-hybridized carbons (Fsp3) is 0.219. The molecule has 0 saturated carbocycles. The highest BCUT2D eigenvalue weighted by Gasteiger charge is 2.57. The Balaban J connectivity index is 1.39. The van der Waals surface area contributed by atoms with Crippen LogP contribution in [0.15, 0.2) is 76.6 Å². The molecule has 3 aromatic carbocycles. The number of esters is 1. The molecule has 2 aliphatic heterocycles. The zero-order valence-electron chi connectivity index (χ0n) is 24.4. The summed E-state index contributed by atoms with van der Waals surface area (Å²) in [5.74, 6) is -3.62. The van der Waals surface area contributed by atoms with E-state index in [9.17, 15) is 29.1 Å². The number of carbonyl (C=O) groups is 4. The number of thiazole rings is 1. The molecular weight excluding hydrogens is 654 g/mol. The third kappa shape index (κ3) is 5.65. The first-order valence-corrected chi connectivity index (χ1v) is 16.2. The summed E-state index contributed by atoms with van der Waals surface area (Å²) < 4.78 is 11.7. The molecule has 46 heavy (non-hydrogen) atoms. The number of nitrogens with zero attached hydrogens (tertiary/aromatic N) is 2. The highest BCUT2D eigenvalue weighted by molar-refractivity contribution is 8.00. The molecule has 1 aromatic heterocycles. The number of rotatable bonds is 8. The lowest BCUT2D eigenvalue weighted by Crippen LogP contribution is -2.33. The Kier molecular flexibility index (Phi) is 8.64. The van der Waals surface area contributed by atoms with Crippen LogP contribution in [-0.4, -0.2) is 52.3 Å². The zero-order valence-corrected chi connectivity index (χ0v) is 26.8. The molecule has 236 valence electrons. The standard InChI is InChI=1S/C32H26ClN3O8S2/c1-3-44-31(41)16-4-11-20(12-5-16)36-28(39)25-24(17-6-13-21(37)22(14-17)43-2)27-30(45-26(25)29(36)40)35(32(42)46-27)15-23(38)34-19-9-7-18(33)8-10-19/h4-14,24-26,37H,3,15H2,1-2H3,(H,34,38)/t24-,25?,26?/m0/s1. The van der Waals surface area contributed by atoms with Crippen molar-refractivity contribution in [3.8, 4) is 11.5 Å². The minimum Gasteiger partial charge on any atom is -0.504 e. The van der Waals surface area contributed by atoms with E-state index in [4.69, 9.17) is 21.1 Å². The maximum absolute atomic E-state index is 14.1. The maximum atomic E-state index is 14.1. The van der Waals surface area contributed by atoms with Crippen LogP contribution < -0.4 is 19.8 Å². The van der Waals surface area contributed by atoms with Crippen LogP contribution in [0.1, 0.15) is 33.6 Å². The van der Waals surface area contributed by atoms with E-state index in [0.717, 1.165) is 28.0 Å². The SMILES string of the molecule is CCOC(=O)c1ccc(N2C(=O)C3Sc4c(sc(=O)n4CC(=O)Nc4ccc(Cl)cc4)[C@@H](c4ccc(O)c(OC)c4)C3C2=O)cc1. The van der Waals surface area contributed by atoms with Gasteiger partial charge in [-0.15, -0.1) is 0 Å². The first-order chi connectivity index (χ1) is 22.1. The molecule has 2 N–H and O–H groups in total. The predicted molar refractivity (Wildman–Crippen MR) is 173 cm³/mol. The predicted octanol–water partition coefficient (Wildman–Crippen LogP) is 4.89. The molecule has 1 saturated heterocycles. The fourth-order valence-corrected chi connectivity index (χ4v) is 8.49. The molecule has 0 aliphatic carbocycles. The molecule has 3 amide bonds. The van der Waals surface area contributed by atoms with E-state index in [1.165, 1.54) is 42.0 Å². The molecule has 0 spiro atoms. The minimum atomic E-state index is -0.936. The van der Waals surface area contributed by atoms with Crippen LogP contribution >= 0.6 is 34.7 Å². The Hall–Kier alpha value is -4.59. The van der Waals surface area contributed by atoms with E-state index in [2.05, 4.69) is 5.32 Å². The van der Waals surface area contributed by atoms with Crippen LogP contribution in [0.25, 0.3) is 0 Å². The lowest BCUT2D eigenvalue weighted by Gasteiger charge is -2.31. The third-order valence-corrected chi connectivity index (χ3v) is 10.5. The number of methoxy groups -OCH3 is 1. The van der Waals surface area contributed by atoms with E-state index in [1.54, 1.807) is 43.3 Å². The number of aromatic nitrogens is 1. The number of anilines is 2. The molecule has 2 aliphatic rings. The molecule has 3 heterocycles. The van der Waals surface area contributed by atoms with Gasteiger partial charge in [0.2, 0.25) is 17.7 Å². The zero-order chi connectivity index (χ0) is 32.7. The average Bonchev–Trinajstić information content (AvgIpc) is 3.48. The van der Waals surface area contributed by atoms with E-state index in [-0.39, 0.29) is 35.9 Å². The van der Waals surface area contributed by atoms with E-state index in [0.29, 0.717) is 26.2 Å². The van der Waals surface area contributed by atoms with Gasteiger partial charge in [0.15, 0.2) is 11.5 Å². The summed E-state index contributed by atoms with van der Waals surface area (Å²) in [7, 11) is 1.39. The molecule has 3 atom stereocenters. The van der Waals surface area contributed by atoms with Gasteiger partial charge in [-0.2, -0.15) is 0 Å². The molecule has 0 bridgehead atoms. The number of imide groups is 1. The number of carbonyl (C=O) groups excluding carboxylic acids is 4. The molecule has 11 nitrogen and oxygen atoms in total. The number of thioether (sulfide) groups is 1. The summed E-state index contributed by atoms with van der Waals surface area (Å²) >= 11 is 7.92. The van der Waals surface area contributed by atoms with E-state index in [1.807, 2.05) is 0 Å². The van der Waals surface area contributed by atoms with Gasteiger partial charge < -0.3 is 19.9 Å². The monoisotopic (exact) mass is 679 g/mol. The summed E-state index contributed by atoms with van der Waals surface area (Å²) in [6.07, 6.45) is 0. The Morgan fingerprint density at radius 2 is 1.72 bits per heavy atom. The van der Waals surface area contributed by atoms with Crippen molar-refractivity contribution in [1.29, 1.82) is 0 Å². The highest BCUT2D eigenvalue weighted by atomic mass is 35.5. The van der Waals surface area contributed by atoms with Crippen molar-refractivity contribution in [1.82, 2.24) is 4.57 Å². The second-order valence-electron chi connectivity index (χ2n) is 10.4. The fourth-order valence-electron chi connectivity index (χ4n) is 5.59. The smallest absolute Gasteiger partial charge is 0.338 e. The second-order valence-corrected chi connectivity index (χ2v) is 13.0. The van der Waals surface area contributed by atoms with Crippen molar-refractivity contribution in [3.63, 3.8) is 0 Å². The number of phenols is 1. The van der Waals surface area contributed by atoms with Gasteiger partial charge >= 0.3 is 10.8 Å². The highest BCUT2D eigenvalue weighted by Crippen LogP contribution is 2.54. The summed E-state index contributed by atoms with van der Waals surface area (Å²) in [6, 6.07) is 17.1. The molecule has 4 aromatic rings. The Bertz CT molecular complexity index is 1920. The molecule has 1 fully saturated rings. The van der Waals surface area contributed by atoms with Crippen LogP contribution in [0, 0.1) is 5.92 Å². The van der Waals surface area contributed by atoms with Gasteiger partial charge in [0.25, 0.3) is 0 Å². The van der Waals surface area contributed by atoms with Gasteiger partial charge in [-0.1, -0.05) is 40.8 Å². The number of aromatic hydroxyl groups is 1. The molecule has 2 unspecified atom stereocenters. The van der Waals surface area contributed by atoms with Gasteiger partial charge in [-0.25, -0.2) is 9.69 Å². The number of nitrogens with one attached hydrogen (secondary N) is 1. The largest absolute Gasteiger partial charge is 0.504 e. The van der Waals surface area contributed by atoms with Crippen LogP contribution in [0.4, 0.5) is 11.4 Å². The molecule has 6 rings (SSSR count). The van der Waals surface area contributed by atoms with Gasteiger partial charge in [0, 0.05) is 21.5 Å². The van der Waals surface area contributed by atoms with Gasteiger partial charge in [-0.05, 0) is 73.2 Å². The number of amides is 3.